The summed E-state index contributed by atoms with van der Waals surface area (Å²) in [5, 5.41) is 0. The molecule has 2 rings (SSSR count). The monoisotopic (exact) mass is 374 g/mol. The fourth-order valence-electron chi connectivity index (χ4n) is 3.05. The summed E-state index contributed by atoms with van der Waals surface area (Å²) in [5.74, 6) is 0.0269. The lowest BCUT2D eigenvalue weighted by Gasteiger charge is -2.21. The fourth-order valence-corrected chi connectivity index (χ4v) is 3.05. The van der Waals surface area contributed by atoms with Gasteiger partial charge in [0.2, 0.25) is 0 Å². The average molecular weight is 374 g/mol. The van der Waals surface area contributed by atoms with E-state index in [1.165, 1.54) is 24.3 Å². The molecule has 0 radical (unpaired) electrons. The van der Waals surface area contributed by atoms with Gasteiger partial charge in [-0.2, -0.15) is 26.3 Å². The van der Waals surface area contributed by atoms with E-state index in [0.717, 1.165) is 41.8 Å². The lowest BCUT2D eigenvalue weighted by Crippen LogP contribution is -2.08. The molecule has 6 heteroatoms. The van der Waals surface area contributed by atoms with Gasteiger partial charge in [0.05, 0.1) is 11.1 Å². The minimum absolute atomic E-state index is 0.00970. The van der Waals surface area contributed by atoms with Crippen LogP contribution in [0.3, 0.4) is 0 Å². The Labute approximate surface area is 148 Å². The summed E-state index contributed by atoms with van der Waals surface area (Å²) in [6.07, 6.45) is -7.36. The van der Waals surface area contributed by atoms with E-state index in [4.69, 9.17) is 0 Å². The number of alkyl halides is 6. The highest BCUT2D eigenvalue weighted by atomic mass is 19.4. The Kier molecular flexibility index (Phi) is 6.04. The van der Waals surface area contributed by atoms with Crippen molar-refractivity contribution in [3.05, 3.63) is 70.8 Å². The van der Waals surface area contributed by atoms with Gasteiger partial charge in [-0.05, 0) is 60.1 Å². The lowest BCUT2D eigenvalue weighted by atomic mass is 9.84. The zero-order valence-electron chi connectivity index (χ0n) is 14.5. The van der Waals surface area contributed by atoms with Crippen molar-refractivity contribution in [1.82, 2.24) is 0 Å². The third-order valence-corrected chi connectivity index (χ3v) is 4.65. The van der Waals surface area contributed by atoms with E-state index in [1.807, 2.05) is 13.8 Å². The molecule has 2 atom stereocenters. The first-order valence-corrected chi connectivity index (χ1v) is 8.36. The molecule has 0 aromatic heterocycles. The summed E-state index contributed by atoms with van der Waals surface area (Å²) in [7, 11) is 0. The number of halogens is 6. The van der Waals surface area contributed by atoms with Gasteiger partial charge in [-0.15, -0.1) is 0 Å². The molecule has 2 unspecified atom stereocenters. The second kappa shape index (κ2) is 7.72. The van der Waals surface area contributed by atoms with Crippen molar-refractivity contribution in [2.24, 2.45) is 0 Å². The van der Waals surface area contributed by atoms with Crippen LogP contribution in [0.15, 0.2) is 48.5 Å². The standard InChI is InChI=1S/C20H20F6/c1-3-14(16-6-10-18(11-7-16)20(24,25)26)12-13(2)15-4-8-17(9-5-15)19(21,22)23/h4-11,13-14H,3,12H2,1-2H3. The van der Waals surface area contributed by atoms with E-state index in [-0.39, 0.29) is 11.8 Å². The molecule has 0 aliphatic heterocycles. The van der Waals surface area contributed by atoms with Crippen LogP contribution in [0.1, 0.15) is 60.8 Å². The SMILES string of the molecule is CCC(CC(C)c1ccc(C(F)(F)F)cc1)c1ccc(C(F)(F)F)cc1. The molecular formula is C20H20F6. The number of hydrogen-bond acceptors (Lipinski definition) is 0. The third-order valence-electron chi connectivity index (χ3n) is 4.65. The zero-order valence-corrected chi connectivity index (χ0v) is 14.5. The van der Waals surface area contributed by atoms with Crippen LogP contribution < -0.4 is 0 Å². The Morgan fingerprint density at radius 3 is 1.42 bits per heavy atom. The van der Waals surface area contributed by atoms with E-state index < -0.39 is 23.5 Å². The molecule has 0 aliphatic rings. The van der Waals surface area contributed by atoms with Gasteiger partial charge in [-0.3, -0.25) is 0 Å². The van der Waals surface area contributed by atoms with Gasteiger partial charge in [-0.1, -0.05) is 38.1 Å². The highest BCUT2D eigenvalue weighted by molar-refractivity contribution is 5.30. The van der Waals surface area contributed by atoms with Crippen molar-refractivity contribution >= 4 is 0 Å². The maximum Gasteiger partial charge on any atom is 0.416 e. The average Bonchev–Trinajstić information content (AvgIpc) is 2.58. The minimum Gasteiger partial charge on any atom is -0.166 e. The second-order valence-electron chi connectivity index (χ2n) is 6.48. The van der Waals surface area contributed by atoms with Gasteiger partial charge in [0.15, 0.2) is 0 Å². The summed E-state index contributed by atoms with van der Waals surface area (Å²) >= 11 is 0. The van der Waals surface area contributed by atoms with Gasteiger partial charge < -0.3 is 0 Å². The van der Waals surface area contributed by atoms with E-state index in [9.17, 15) is 26.3 Å². The first kappa shape index (κ1) is 20.3. The second-order valence-corrected chi connectivity index (χ2v) is 6.48. The first-order valence-electron chi connectivity index (χ1n) is 8.36. The fraction of sp³-hybridized carbons (Fsp3) is 0.400. The predicted octanol–water partition coefficient (Wildman–Crippen LogP) is 7.41. The van der Waals surface area contributed by atoms with Gasteiger partial charge in [0, 0.05) is 0 Å². The Bertz CT molecular complexity index is 695. The molecule has 0 nitrogen and oxygen atoms in total. The Morgan fingerprint density at radius 2 is 1.08 bits per heavy atom. The number of benzene rings is 2. The smallest absolute Gasteiger partial charge is 0.166 e. The molecule has 0 heterocycles. The van der Waals surface area contributed by atoms with Crippen molar-refractivity contribution in [1.29, 1.82) is 0 Å². The highest BCUT2D eigenvalue weighted by Gasteiger charge is 2.31. The maximum atomic E-state index is 12.7. The number of hydrogen-bond donors (Lipinski definition) is 0. The van der Waals surface area contributed by atoms with Crippen LogP contribution in [0.4, 0.5) is 26.3 Å². The molecule has 0 saturated heterocycles. The van der Waals surface area contributed by atoms with Crippen LogP contribution in [0.2, 0.25) is 0 Å². The summed E-state index contributed by atoms with van der Waals surface area (Å²) in [6, 6.07) is 10.2. The predicted molar refractivity (Wildman–Crippen MR) is 89.0 cm³/mol. The maximum absolute atomic E-state index is 12.7. The van der Waals surface area contributed by atoms with E-state index >= 15 is 0 Å². The Hall–Kier alpha value is -1.98. The van der Waals surface area contributed by atoms with Crippen molar-refractivity contribution in [3.8, 4) is 0 Å². The quantitative estimate of drug-likeness (QED) is 0.478. The van der Waals surface area contributed by atoms with Gasteiger partial charge in [0.25, 0.3) is 0 Å². The molecule has 0 fully saturated rings. The summed E-state index contributed by atoms with van der Waals surface area (Å²) in [5.41, 5.74) is 0.206. The van der Waals surface area contributed by atoms with E-state index in [0.29, 0.717) is 6.42 Å². The topological polar surface area (TPSA) is 0 Å². The molecular weight excluding hydrogens is 354 g/mol. The van der Waals surface area contributed by atoms with Gasteiger partial charge >= 0.3 is 12.4 Å². The summed E-state index contributed by atoms with van der Waals surface area (Å²) < 4.78 is 75.9. The molecule has 0 spiro atoms. The molecule has 0 saturated carbocycles. The van der Waals surface area contributed by atoms with Crippen LogP contribution >= 0.6 is 0 Å². The Morgan fingerprint density at radius 1 is 0.692 bits per heavy atom. The van der Waals surface area contributed by atoms with Crippen LogP contribution in [0.25, 0.3) is 0 Å². The van der Waals surface area contributed by atoms with Crippen molar-refractivity contribution in [2.75, 3.05) is 0 Å². The molecule has 0 bridgehead atoms. The van der Waals surface area contributed by atoms with Crippen molar-refractivity contribution in [2.45, 2.75) is 50.9 Å². The molecule has 2 aromatic rings. The largest absolute Gasteiger partial charge is 0.416 e. The van der Waals surface area contributed by atoms with Crippen molar-refractivity contribution in [3.63, 3.8) is 0 Å². The normalized spacial score (nSPS) is 14.9. The van der Waals surface area contributed by atoms with Crippen LogP contribution in [-0.4, -0.2) is 0 Å². The van der Waals surface area contributed by atoms with E-state index in [1.54, 1.807) is 0 Å². The molecule has 2 aromatic carbocycles. The van der Waals surface area contributed by atoms with Gasteiger partial charge in [-0.25, -0.2) is 0 Å². The molecule has 0 N–H and O–H groups in total. The molecule has 0 amide bonds. The van der Waals surface area contributed by atoms with Gasteiger partial charge in [0.1, 0.15) is 0 Å². The van der Waals surface area contributed by atoms with Crippen LogP contribution in [-0.2, 0) is 12.4 Å². The third kappa shape index (κ3) is 5.02. The van der Waals surface area contributed by atoms with E-state index in [2.05, 4.69) is 0 Å². The first-order chi connectivity index (χ1) is 12.0. The minimum atomic E-state index is -4.37. The molecule has 142 valence electrons. The summed E-state index contributed by atoms with van der Waals surface area (Å²) in [6.45, 7) is 3.86. The lowest BCUT2D eigenvalue weighted by molar-refractivity contribution is -0.138. The highest BCUT2D eigenvalue weighted by Crippen LogP contribution is 2.36. The molecule has 26 heavy (non-hydrogen) atoms. The van der Waals surface area contributed by atoms with Crippen LogP contribution in [0.5, 0.6) is 0 Å². The van der Waals surface area contributed by atoms with Crippen LogP contribution in [0, 0.1) is 0 Å². The Balaban J connectivity index is 2.11. The summed E-state index contributed by atoms with van der Waals surface area (Å²) in [4.78, 5) is 0. The number of rotatable bonds is 5. The van der Waals surface area contributed by atoms with Crippen molar-refractivity contribution < 1.29 is 26.3 Å². The molecule has 0 aliphatic carbocycles. The zero-order chi connectivity index (χ0) is 19.5.